The van der Waals surface area contributed by atoms with Crippen LogP contribution in [0, 0.1) is 6.92 Å². The van der Waals surface area contributed by atoms with Crippen molar-refractivity contribution in [2.24, 2.45) is 0 Å². The Hall–Kier alpha value is -0.540. The number of hydrogen-bond donors (Lipinski definition) is 2. The molecule has 0 atom stereocenters. The number of methoxy groups -OCH3 is 1. The molecule has 1 N–H and O–H groups in total. The van der Waals surface area contributed by atoms with Gasteiger partial charge in [-0.2, -0.15) is 12.6 Å². The van der Waals surface area contributed by atoms with Gasteiger partial charge in [0.15, 0.2) is 0 Å². The molecule has 0 aliphatic carbocycles. The van der Waals surface area contributed by atoms with Crippen LogP contribution in [-0.2, 0) is 0 Å². The van der Waals surface area contributed by atoms with Crippen LogP contribution in [0.25, 0.3) is 0 Å². The molecule has 4 heteroatoms. The van der Waals surface area contributed by atoms with Crippen LogP contribution in [0.15, 0.2) is 12.1 Å². The summed E-state index contributed by atoms with van der Waals surface area (Å²) in [6, 6.07) is 3.74. The molecular formula is C10H14ClNOS. The maximum absolute atomic E-state index is 5.94. The molecule has 14 heavy (non-hydrogen) atoms. The van der Waals surface area contributed by atoms with Crippen LogP contribution < -0.4 is 10.1 Å². The quantitative estimate of drug-likeness (QED) is 0.778. The average molecular weight is 232 g/mol. The number of anilines is 1. The Balaban J connectivity index is 2.99. The van der Waals surface area contributed by atoms with E-state index >= 15 is 0 Å². The second-order valence-corrected chi connectivity index (χ2v) is 3.84. The van der Waals surface area contributed by atoms with E-state index in [4.69, 9.17) is 16.3 Å². The van der Waals surface area contributed by atoms with Crippen molar-refractivity contribution in [3.8, 4) is 5.75 Å². The highest BCUT2D eigenvalue weighted by atomic mass is 35.5. The predicted molar refractivity (Wildman–Crippen MR) is 65.1 cm³/mol. The first-order valence-corrected chi connectivity index (χ1v) is 5.39. The molecule has 0 aliphatic heterocycles. The zero-order chi connectivity index (χ0) is 10.6. The smallest absolute Gasteiger partial charge is 0.144 e. The second-order valence-electron chi connectivity index (χ2n) is 2.95. The van der Waals surface area contributed by atoms with Crippen LogP contribution >= 0.6 is 24.2 Å². The number of aryl methyl sites for hydroxylation is 1. The zero-order valence-corrected chi connectivity index (χ0v) is 9.95. The third kappa shape index (κ3) is 2.72. The molecule has 1 aromatic rings. The summed E-state index contributed by atoms with van der Waals surface area (Å²) >= 11 is 10.1. The molecule has 0 saturated heterocycles. The minimum Gasteiger partial charge on any atom is -0.494 e. The molecule has 0 heterocycles. The molecule has 0 amide bonds. The maximum Gasteiger partial charge on any atom is 0.144 e. The SMILES string of the molecule is COc1c(C)cc(Cl)cc1NCCS. The predicted octanol–water partition coefficient (Wildman–Crippen LogP) is 3.00. The van der Waals surface area contributed by atoms with Crippen LogP contribution in [0.5, 0.6) is 5.75 Å². The van der Waals surface area contributed by atoms with Gasteiger partial charge in [0.1, 0.15) is 5.75 Å². The number of halogens is 1. The van der Waals surface area contributed by atoms with Gasteiger partial charge in [-0.15, -0.1) is 0 Å². The average Bonchev–Trinajstić information content (AvgIpc) is 2.14. The lowest BCUT2D eigenvalue weighted by Crippen LogP contribution is -2.04. The topological polar surface area (TPSA) is 21.3 Å². The number of rotatable bonds is 4. The highest BCUT2D eigenvalue weighted by molar-refractivity contribution is 7.80. The van der Waals surface area contributed by atoms with E-state index in [1.54, 1.807) is 7.11 Å². The van der Waals surface area contributed by atoms with Gasteiger partial charge in [-0.25, -0.2) is 0 Å². The summed E-state index contributed by atoms with van der Waals surface area (Å²) in [5, 5.41) is 3.92. The summed E-state index contributed by atoms with van der Waals surface area (Å²) in [6.45, 7) is 2.76. The number of ether oxygens (including phenoxy) is 1. The first kappa shape index (κ1) is 11.5. The lowest BCUT2D eigenvalue weighted by molar-refractivity contribution is 0.413. The van der Waals surface area contributed by atoms with E-state index in [1.807, 2.05) is 19.1 Å². The molecular weight excluding hydrogens is 218 g/mol. The standard InChI is InChI=1S/C10H14ClNOS/c1-7-5-8(11)6-9(10(7)13-2)12-3-4-14/h5-6,12,14H,3-4H2,1-2H3. The van der Waals surface area contributed by atoms with Gasteiger partial charge in [-0.05, 0) is 24.6 Å². The molecule has 1 rings (SSSR count). The first-order valence-electron chi connectivity index (χ1n) is 4.38. The molecule has 0 aromatic heterocycles. The van der Waals surface area contributed by atoms with Crippen LogP contribution in [-0.4, -0.2) is 19.4 Å². The van der Waals surface area contributed by atoms with Crippen molar-refractivity contribution in [3.05, 3.63) is 22.7 Å². The van der Waals surface area contributed by atoms with E-state index in [0.717, 1.165) is 29.3 Å². The van der Waals surface area contributed by atoms with Gasteiger partial charge in [0.25, 0.3) is 0 Å². The third-order valence-corrected chi connectivity index (χ3v) is 2.31. The van der Waals surface area contributed by atoms with Crippen molar-refractivity contribution in [1.82, 2.24) is 0 Å². The molecule has 0 unspecified atom stereocenters. The summed E-state index contributed by atoms with van der Waals surface area (Å²) in [4.78, 5) is 0. The van der Waals surface area contributed by atoms with Gasteiger partial charge in [-0.3, -0.25) is 0 Å². The monoisotopic (exact) mass is 231 g/mol. The van der Waals surface area contributed by atoms with Crippen molar-refractivity contribution < 1.29 is 4.74 Å². The van der Waals surface area contributed by atoms with E-state index in [2.05, 4.69) is 17.9 Å². The van der Waals surface area contributed by atoms with Crippen LogP contribution in [0.3, 0.4) is 0 Å². The fraction of sp³-hybridized carbons (Fsp3) is 0.400. The molecule has 0 saturated carbocycles. The Morgan fingerprint density at radius 2 is 2.21 bits per heavy atom. The van der Waals surface area contributed by atoms with Gasteiger partial charge in [0.2, 0.25) is 0 Å². The zero-order valence-electron chi connectivity index (χ0n) is 8.30. The van der Waals surface area contributed by atoms with E-state index < -0.39 is 0 Å². The number of nitrogens with one attached hydrogen (secondary N) is 1. The van der Waals surface area contributed by atoms with Crippen molar-refractivity contribution in [2.45, 2.75) is 6.92 Å². The molecule has 78 valence electrons. The number of benzene rings is 1. The van der Waals surface area contributed by atoms with Gasteiger partial charge < -0.3 is 10.1 Å². The fourth-order valence-corrected chi connectivity index (χ4v) is 1.71. The maximum atomic E-state index is 5.94. The summed E-state index contributed by atoms with van der Waals surface area (Å²) in [5.74, 6) is 1.62. The van der Waals surface area contributed by atoms with E-state index in [-0.39, 0.29) is 0 Å². The summed E-state index contributed by atoms with van der Waals surface area (Å²) in [7, 11) is 1.65. The largest absolute Gasteiger partial charge is 0.494 e. The Kier molecular flexibility index (Phi) is 4.42. The lowest BCUT2D eigenvalue weighted by atomic mass is 10.2. The normalized spacial score (nSPS) is 10.0. The van der Waals surface area contributed by atoms with Gasteiger partial charge in [-0.1, -0.05) is 11.6 Å². The second kappa shape index (κ2) is 5.37. The van der Waals surface area contributed by atoms with E-state index in [0.29, 0.717) is 5.02 Å². The van der Waals surface area contributed by atoms with E-state index in [9.17, 15) is 0 Å². The highest BCUT2D eigenvalue weighted by Gasteiger charge is 2.06. The Morgan fingerprint density at radius 1 is 1.50 bits per heavy atom. The highest BCUT2D eigenvalue weighted by Crippen LogP contribution is 2.31. The summed E-state index contributed by atoms with van der Waals surface area (Å²) < 4.78 is 5.28. The number of thiol groups is 1. The molecule has 0 aliphatic rings. The third-order valence-electron chi connectivity index (χ3n) is 1.87. The Labute approximate surface area is 95.0 Å². The van der Waals surface area contributed by atoms with Gasteiger partial charge >= 0.3 is 0 Å². The minimum atomic E-state index is 0.713. The first-order chi connectivity index (χ1) is 6.69. The summed E-state index contributed by atoms with van der Waals surface area (Å²) in [6.07, 6.45) is 0. The summed E-state index contributed by atoms with van der Waals surface area (Å²) in [5.41, 5.74) is 1.95. The lowest BCUT2D eigenvalue weighted by Gasteiger charge is -2.13. The Morgan fingerprint density at radius 3 is 2.79 bits per heavy atom. The van der Waals surface area contributed by atoms with Crippen molar-refractivity contribution in [2.75, 3.05) is 24.7 Å². The molecule has 2 nitrogen and oxygen atoms in total. The van der Waals surface area contributed by atoms with Gasteiger partial charge in [0, 0.05) is 17.3 Å². The molecule has 0 radical (unpaired) electrons. The van der Waals surface area contributed by atoms with Crippen molar-refractivity contribution in [3.63, 3.8) is 0 Å². The fourth-order valence-electron chi connectivity index (χ4n) is 1.32. The van der Waals surface area contributed by atoms with Crippen LogP contribution in [0.2, 0.25) is 5.02 Å². The molecule has 0 bridgehead atoms. The minimum absolute atomic E-state index is 0.713. The van der Waals surface area contributed by atoms with Crippen LogP contribution in [0.4, 0.5) is 5.69 Å². The molecule has 1 aromatic carbocycles. The van der Waals surface area contributed by atoms with Crippen molar-refractivity contribution in [1.29, 1.82) is 0 Å². The molecule has 0 spiro atoms. The van der Waals surface area contributed by atoms with E-state index in [1.165, 1.54) is 0 Å². The Bertz CT molecular complexity index is 317. The van der Waals surface area contributed by atoms with Gasteiger partial charge in [0.05, 0.1) is 12.8 Å². The molecule has 0 fully saturated rings. The van der Waals surface area contributed by atoms with Crippen LogP contribution in [0.1, 0.15) is 5.56 Å². The number of hydrogen-bond acceptors (Lipinski definition) is 3. The van der Waals surface area contributed by atoms with Crippen molar-refractivity contribution >= 4 is 29.9 Å².